The van der Waals surface area contributed by atoms with E-state index in [0.717, 1.165) is 24.1 Å². The number of halogens is 1. The Labute approximate surface area is 127 Å². The Kier molecular flexibility index (Phi) is 5.85. The Morgan fingerprint density at radius 1 is 1.47 bits per heavy atom. The van der Waals surface area contributed by atoms with Gasteiger partial charge in [0.25, 0.3) is 0 Å². The smallest absolute Gasteiger partial charge is 0.223 e. The second-order valence-electron chi connectivity index (χ2n) is 5.03. The molecule has 1 aliphatic heterocycles. The monoisotopic (exact) mass is 344 g/mol. The van der Waals surface area contributed by atoms with E-state index < -0.39 is 0 Å². The van der Waals surface area contributed by atoms with Crippen LogP contribution < -0.4 is 5.32 Å². The average Bonchev–Trinajstić information content (AvgIpc) is 2.86. The first-order valence-corrected chi connectivity index (χ1v) is 8.59. The molecule has 1 unspecified atom stereocenters. The second kappa shape index (κ2) is 7.41. The molecule has 1 saturated heterocycles. The summed E-state index contributed by atoms with van der Waals surface area (Å²) in [7, 11) is 0. The normalized spacial score (nSPS) is 17.5. The molecule has 5 heteroatoms. The molecule has 106 valence electrons. The van der Waals surface area contributed by atoms with E-state index in [2.05, 4.69) is 39.6 Å². The zero-order valence-electron chi connectivity index (χ0n) is 11.3. The van der Waals surface area contributed by atoms with E-state index in [1.54, 1.807) is 11.3 Å². The molecule has 1 fully saturated rings. The Morgan fingerprint density at radius 3 is 2.84 bits per heavy atom. The molecule has 0 bridgehead atoms. The molecule has 0 aromatic carbocycles. The molecule has 0 spiro atoms. The molecule has 2 heterocycles. The zero-order chi connectivity index (χ0) is 13.7. The summed E-state index contributed by atoms with van der Waals surface area (Å²) in [5, 5.41) is 5.51. The van der Waals surface area contributed by atoms with Crippen molar-refractivity contribution in [3.8, 4) is 0 Å². The van der Waals surface area contributed by atoms with Crippen molar-refractivity contribution in [3.63, 3.8) is 0 Å². The van der Waals surface area contributed by atoms with Gasteiger partial charge in [0.05, 0.1) is 0 Å². The number of thiophene rings is 1. The lowest BCUT2D eigenvalue weighted by Crippen LogP contribution is -2.37. The summed E-state index contributed by atoms with van der Waals surface area (Å²) >= 11 is 5.21. The maximum Gasteiger partial charge on any atom is 0.223 e. The van der Waals surface area contributed by atoms with Crippen LogP contribution in [0.15, 0.2) is 15.9 Å². The molecule has 19 heavy (non-hydrogen) atoms. The van der Waals surface area contributed by atoms with Crippen molar-refractivity contribution in [1.29, 1.82) is 0 Å². The molecule has 1 aromatic rings. The van der Waals surface area contributed by atoms with Crippen molar-refractivity contribution in [2.24, 2.45) is 0 Å². The van der Waals surface area contributed by atoms with E-state index in [4.69, 9.17) is 0 Å². The number of amides is 1. The van der Waals surface area contributed by atoms with Gasteiger partial charge in [0.2, 0.25) is 5.91 Å². The van der Waals surface area contributed by atoms with Crippen molar-refractivity contribution in [1.82, 2.24) is 10.2 Å². The van der Waals surface area contributed by atoms with E-state index in [1.807, 2.05) is 4.90 Å². The molecule has 1 N–H and O–H groups in total. The number of likely N-dealkylation sites (tertiary alicyclic amines) is 1. The van der Waals surface area contributed by atoms with Crippen LogP contribution in [0.4, 0.5) is 0 Å². The molecule has 0 radical (unpaired) electrons. The number of nitrogens with one attached hydrogen (secondary N) is 1. The van der Waals surface area contributed by atoms with Gasteiger partial charge in [-0.15, -0.1) is 11.3 Å². The summed E-state index contributed by atoms with van der Waals surface area (Å²) in [6.45, 7) is 4.80. The van der Waals surface area contributed by atoms with Gasteiger partial charge in [-0.1, -0.05) is 0 Å². The van der Waals surface area contributed by atoms with Crippen molar-refractivity contribution in [2.45, 2.75) is 38.6 Å². The molecule has 1 aromatic heterocycles. The SMILES string of the molecule is CC(NCCC(=O)N1CCCCC1)c1cc(Br)cs1. The maximum absolute atomic E-state index is 12.0. The van der Waals surface area contributed by atoms with Crippen molar-refractivity contribution in [3.05, 3.63) is 20.8 Å². The van der Waals surface area contributed by atoms with Gasteiger partial charge in [0.1, 0.15) is 0 Å². The fourth-order valence-corrected chi connectivity index (χ4v) is 3.83. The average molecular weight is 345 g/mol. The highest BCUT2D eigenvalue weighted by atomic mass is 79.9. The van der Waals surface area contributed by atoms with Gasteiger partial charge in [-0.2, -0.15) is 0 Å². The Morgan fingerprint density at radius 2 is 2.21 bits per heavy atom. The van der Waals surface area contributed by atoms with Crippen LogP contribution in [0.5, 0.6) is 0 Å². The van der Waals surface area contributed by atoms with Crippen molar-refractivity contribution < 1.29 is 4.79 Å². The summed E-state index contributed by atoms with van der Waals surface area (Å²) in [6, 6.07) is 2.44. The highest BCUT2D eigenvalue weighted by Crippen LogP contribution is 2.25. The minimum atomic E-state index is 0.298. The van der Waals surface area contributed by atoms with Crippen LogP contribution in [0.25, 0.3) is 0 Å². The number of carbonyl (C=O) groups excluding carboxylic acids is 1. The van der Waals surface area contributed by atoms with Crippen LogP contribution in [0, 0.1) is 0 Å². The molecule has 0 aliphatic carbocycles. The Balaban J connectivity index is 1.69. The lowest BCUT2D eigenvalue weighted by Gasteiger charge is -2.27. The number of carbonyl (C=O) groups is 1. The van der Waals surface area contributed by atoms with Gasteiger partial charge in [-0.05, 0) is 48.2 Å². The number of piperidine rings is 1. The first kappa shape index (κ1) is 15.0. The predicted octanol–water partition coefficient (Wildman–Crippen LogP) is 3.56. The van der Waals surface area contributed by atoms with Crippen LogP contribution in [0.3, 0.4) is 0 Å². The quantitative estimate of drug-likeness (QED) is 0.885. The van der Waals surface area contributed by atoms with Crippen LogP contribution in [-0.4, -0.2) is 30.4 Å². The summed E-state index contributed by atoms with van der Waals surface area (Å²) < 4.78 is 1.13. The van der Waals surface area contributed by atoms with E-state index in [0.29, 0.717) is 18.4 Å². The third kappa shape index (κ3) is 4.58. The van der Waals surface area contributed by atoms with Crippen LogP contribution >= 0.6 is 27.3 Å². The van der Waals surface area contributed by atoms with Crippen LogP contribution in [0.2, 0.25) is 0 Å². The lowest BCUT2D eigenvalue weighted by atomic mass is 10.1. The van der Waals surface area contributed by atoms with Crippen LogP contribution in [-0.2, 0) is 4.79 Å². The minimum absolute atomic E-state index is 0.298. The van der Waals surface area contributed by atoms with Gasteiger partial charge >= 0.3 is 0 Å². The molecule has 2 rings (SSSR count). The fraction of sp³-hybridized carbons (Fsp3) is 0.643. The van der Waals surface area contributed by atoms with E-state index in [1.165, 1.54) is 24.1 Å². The molecular weight excluding hydrogens is 324 g/mol. The minimum Gasteiger partial charge on any atom is -0.343 e. The van der Waals surface area contributed by atoms with E-state index in [9.17, 15) is 4.79 Å². The molecule has 1 atom stereocenters. The van der Waals surface area contributed by atoms with Crippen LogP contribution in [0.1, 0.15) is 43.5 Å². The van der Waals surface area contributed by atoms with Crippen molar-refractivity contribution in [2.75, 3.05) is 19.6 Å². The second-order valence-corrected chi connectivity index (χ2v) is 6.89. The Hall–Kier alpha value is -0.390. The third-order valence-electron chi connectivity index (χ3n) is 3.51. The first-order chi connectivity index (χ1) is 9.16. The standard InChI is InChI=1S/C14H21BrN2OS/c1-11(13-9-12(15)10-19-13)16-6-5-14(18)17-7-3-2-4-8-17/h9-11,16H,2-8H2,1H3. The third-order valence-corrected chi connectivity index (χ3v) is 5.39. The molecule has 1 aliphatic rings. The topological polar surface area (TPSA) is 32.3 Å². The number of nitrogens with zero attached hydrogens (tertiary/aromatic N) is 1. The summed E-state index contributed by atoms with van der Waals surface area (Å²) in [4.78, 5) is 15.3. The van der Waals surface area contributed by atoms with E-state index in [-0.39, 0.29) is 0 Å². The van der Waals surface area contributed by atoms with Gasteiger partial charge in [-0.3, -0.25) is 4.79 Å². The highest BCUT2D eigenvalue weighted by molar-refractivity contribution is 9.10. The van der Waals surface area contributed by atoms with Gasteiger partial charge in [-0.25, -0.2) is 0 Å². The van der Waals surface area contributed by atoms with Crippen molar-refractivity contribution >= 4 is 33.2 Å². The molecular formula is C14H21BrN2OS. The maximum atomic E-state index is 12.0. The largest absolute Gasteiger partial charge is 0.343 e. The number of hydrogen-bond donors (Lipinski definition) is 1. The summed E-state index contributed by atoms with van der Waals surface area (Å²) in [5.74, 6) is 0.298. The summed E-state index contributed by atoms with van der Waals surface area (Å²) in [5.41, 5.74) is 0. The zero-order valence-corrected chi connectivity index (χ0v) is 13.7. The predicted molar refractivity (Wildman–Crippen MR) is 83.5 cm³/mol. The summed E-state index contributed by atoms with van der Waals surface area (Å²) in [6.07, 6.45) is 4.21. The van der Waals surface area contributed by atoms with Gasteiger partial charge < -0.3 is 10.2 Å². The molecule has 1 amide bonds. The van der Waals surface area contributed by atoms with Gasteiger partial charge in [0.15, 0.2) is 0 Å². The molecule has 3 nitrogen and oxygen atoms in total. The first-order valence-electron chi connectivity index (χ1n) is 6.92. The lowest BCUT2D eigenvalue weighted by molar-refractivity contribution is -0.131. The van der Waals surface area contributed by atoms with Gasteiger partial charge in [0, 0.05) is 46.8 Å². The fourth-order valence-electron chi connectivity index (χ4n) is 2.35. The van der Waals surface area contributed by atoms with E-state index >= 15 is 0 Å². The number of rotatable bonds is 5. The number of hydrogen-bond acceptors (Lipinski definition) is 3. The Bertz CT molecular complexity index is 415. The highest BCUT2D eigenvalue weighted by Gasteiger charge is 2.16. The molecule has 0 saturated carbocycles.